The predicted octanol–water partition coefficient (Wildman–Crippen LogP) is 3.27. The zero-order valence-electron chi connectivity index (χ0n) is 13.8. The maximum absolute atomic E-state index is 12.1. The van der Waals surface area contributed by atoms with Crippen molar-refractivity contribution in [2.24, 2.45) is 0 Å². The minimum atomic E-state index is -0.553. The van der Waals surface area contributed by atoms with Crippen molar-refractivity contribution in [1.82, 2.24) is 10.6 Å². The number of nitro groups is 1. The number of nitro benzene ring substituents is 1. The van der Waals surface area contributed by atoms with Gasteiger partial charge in [0, 0.05) is 28.1 Å². The van der Waals surface area contributed by atoms with E-state index in [-0.39, 0.29) is 23.7 Å². The molecule has 7 nitrogen and oxygen atoms in total. The number of rotatable bonds is 7. The zero-order valence-corrected chi connectivity index (χ0v) is 15.4. The molecule has 0 aliphatic carbocycles. The molecule has 9 heteroatoms. The van der Waals surface area contributed by atoms with Crippen molar-refractivity contribution in [2.75, 3.05) is 13.1 Å². The quantitative estimate of drug-likeness (QED) is 0.555. The van der Waals surface area contributed by atoms with Crippen LogP contribution in [0.1, 0.15) is 17.3 Å². The first-order valence-corrected chi connectivity index (χ1v) is 8.87. The largest absolute Gasteiger partial charge is 0.355 e. The van der Waals surface area contributed by atoms with E-state index in [0.29, 0.717) is 16.5 Å². The molecule has 0 atom stereocenters. The van der Waals surface area contributed by atoms with Gasteiger partial charge in [-0.3, -0.25) is 19.7 Å². The summed E-state index contributed by atoms with van der Waals surface area (Å²) in [5.74, 6) is -0.882. The summed E-state index contributed by atoms with van der Waals surface area (Å²) in [6, 6.07) is 11.1. The molecule has 0 aliphatic heterocycles. The fraction of sp³-hybridized carbons (Fsp3) is 0.176. The third-order valence-electron chi connectivity index (χ3n) is 3.24. The number of likely N-dealkylation sites (N-methyl/N-ethyl adjacent to an activating group) is 1. The maximum Gasteiger partial charge on any atom is 0.284 e. The van der Waals surface area contributed by atoms with Crippen molar-refractivity contribution in [1.29, 1.82) is 0 Å². The Morgan fingerprint density at radius 3 is 2.46 bits per heavy atom. The first-order chi connectivity index (χ1) is 12.4. The van der Waals surface area contributed by atoms with Gasteiger partial charge < -0.3 is 10.6 Å². The minimum Gasteiger partial charge on any atom is -0.355 e. The Hall–Kier alpha value is -2.58. The molecule has 136 valence electrons. The van der Waals surface area contributed by atoms with E-state index in [4.69, 9.17) is 11.6 Å². The van der Waals surface area contributed by atoms with Gasteiger partial charge in [-0.25, -0.2) is 0 Å². The standard InChI is InChI=1S/C17H16ClN3O4S/c1-2-19-16(22)10-20-17(23)11-3-8-15(14(9-11)21(24)25)26-13-6-4-12(18)5-7-13/h3-9H,2,10H2,1H3,(H,19,22)(H,20,23). The summed E-state index contributed by atoms with van der Waals surface area (Å²) in [5, 5.41) is 16.9. The molecule has 26 heavy (non-hydrogen) atoms. The molecule has 2 rings (SSSR count). The fourth-order valence-electron chi connectivity index (χ4n) is 2.04. The molecular weight excluding hydrogens is 378 g/mol. The van der Waals surface area contributed by atoms with Crippen molar-refractivity contribution >= 4 is 40.9 Å². The van der Waals surface area contributed by atoms with Gasteiger partial charge in [0.2, 0.25) is 5.91 Å². The number of amides is 2. The van der Waals surface area contributed by atoms with Gasteiger partial charge in [-0.2, -0.15) is 0 Å². The summed E-state index contributed by atoms with van der Waals surface area (Å²) in [6.07, 6.45) is 0. The lowest BCUT2D eigenvalue weighted by atomic mass is 10.2. The molecule has 0 radical (unpaired) electrons. The summed E-state index contributed by atoms with van der Waals surface area (Å²) < 4.78 is 0. The molecule has 0 bridgehead atoms. The van der Waals surface area contributed by atoms with Crippen LogP contribution in [0.3, 0.4) is 0 Å². The van der Waals surface area contributed by atoms with E-state index >= 15 is 0 Å². The Bertz CT molecular complexity index is 827. The smallest absolute Gasteiger partial charge is 0.284 e. The van der Waals surface area contributed by atoms with Gasteiger partial charge in [0.25, 0.3) is 11.6 Å². The number of carbonyl (C=O) groups is 2. The molecule has 2 amide bonds. The summed E-state index contributed by atoms with van der Waals surface area (Å²) in [5.41, 5.74) is -0.0722. The van der Waals surface area contributed by atoms with E-state index < -0.39 is 10.8 Å². The second-order valence-corrected chi connectivity index (χ2v) is 6.68. The second kappa shape index (κ2) is 9.21. The van der Waals surface area contributed by atoms with Gasteiger partial charge in [-0.1, -0.05) is 23.4 Å². The fourth-order valence-corrected chi connectivity index (χ4v) is 3.07. The molecular formula is C17H16ClN3O4S. The topological polar surface area (TPSA) is 101 Å². The first-order valence-electron chi connectivity index (χ1n) is 7.67. The Morgan fingerprint density at radius 2 is 1.85 bits per heavy atom. The molecule has 0 saturated heterocycles. The van der Waals surface area contributed by atoms with Crippen LogP contribution in [0.5, 0.6) is 0 Å². The molecule has 0 saturated carbocycles. The molecule has 0 fully saturated rings. The van der Waals surface area contributed by atoms with Crippen molar-refractivity contribution in [2.45, 2.75) is 16.7 Å². The Kier molecular flexibility index (Phi) is 6.99. The van der Waals surface area contributed by atoms with Crippen molar-refractivity contribution < 1.29 is 14.5 Å². The number of hydrogen-bond acceptors (Lipinski definition) is 5. The third kappa shape index (κ3) is 5.47. The first kappa shape index (κ1) is 19.7. The molecule has 0 spiro atoms. The van der Waals surface area contributed by atoms with E-state index in [1.165, 1.54) is 30.0 Å². The number of benzene rings is 2. The van der Waals surface area contributed by atoms with Crippen LogP contribution in [0.2, 0.25) is 5.02 Å². The van der Waals surface area contributed by atoms with Crippen LogP contribution in [0.25, 0.3) is 0 Å². The average Bonchev–Trinajstić information content (AvgIpc) is 2.62. The SMILES string of the molecule is CCNC(=O)CNC(=O)c1ccc(Sc2ccc(Cl)cc2)c([N+](=O)[O-])c1. The highest BCUT2D eigenvalue weighted by molar-refractivity contribution is 7.99. The molecule has 0 aromatic heterocycles. The minimum absolute atomic E-state index is 0.112. The molecule has 2 aromatic carbocycles. The van der Waals surface area contributed by atoms with Gasteiger partial charge in [0.15, 0.2) is 0 Å². The van der Waals surface area contributed by atoms with Gasteiger partial charge >= 0.3 is 0 Å². The highest BCUT2D eigenvalue weighted by Gasteiger charge is 2.19. The number of carbonyl (C=O) groups excluding carboxylic acids is 2. The summed E-state index contributed by atoms with van der Waals surface area (Å²) in [7, 11) is 0. The Balaban J connectivity index is 2.17. The molecule has 0 aliphatic rings. The summed E-state index contributed by atoms with van der Waals surface area (Å²) in [4.78, 5) is 35.5. The van der Waals surface area contributed by atoms with Crippen LogP contribution in [-0.2, 0) is 4.79 Å². The highest BCUT2D eigenvalue weighted by atomic mass is 35.5. The van der Waals surface area contributed by atoms with E-state index in [1.807, 2.05) is 0 Å². The second-order valence-electron chi connectivity index (χ2n) is 5.13. The Labute approximate surface area is 159 Å². The molecule has 2 aromatic rings. The van der Waals surface area contributed by atoms with E-state index in [2.05, 4.69) is 10.6 Å². The van der Waals surface area contributed by atoms with E-state index in [9.17, 15) is 19.7 Å². The third-order valence-corrected chi connectivity index (χ3v) is 4.57. The lowest BCUT2D eigenvalue weighted by molar-refractivity contribution is -0.387. The Morgan fingerprint density at radius 1 is 1.15 bits per heavy atom. The van der Waals surface area contributed by atoms with Gasteiger partial charge in [-0.15, -0.1) is 0 Å². The van der Waals surface area contributed by atoms with E-state index in [0.717, 1.165) is 4.90 Å². The van der Waals surface area contributed by atoms with Crippen LogP contribution in [0.15, 0.2) is 52.3 Å². The monoisotopic (exact) mass is 393 g/mol. The lowest BCUT2D eigenvalue weighted by Gasteiger charge is -2.07. The van der Waals surface area contributed by atoms with Crippen LogP contribution in [0, 0.1) is 10.1 Å². The predicted molar refractivity (Wildman–Crippen MR) is 99.7 cm³/mol. The van der Waals surface area contributed by atoms with Gasteiger partial charge in [0.1, 0.15) is 0 Å². The van der Waals surface area contributed by atoms with Crippen LogP contribution >= 0.6 is 23.4 Å². The maximum atomic E-state index is 12.1. The highest BCUT2D eigenvalue weighted by Crippen LogP contribution is 2.35. The normalized spacial score (nSPS) is 10.2. The van der Waals surface area contributed by atoms with Crippen molar-refractivity contribution in [3.8, 4) is 0 Å². The van der Waals surface area contributed by atoms with Gasteiger partial charge in [-0.05, 0) is 43.3 Å². The summed E-state index contributed by atoms with van der Waals surface area (Å²) >= 11 is 7.03. The van der Waals surface area contributed by atoms with Crippen molar-refractivity contribution in [3.05, 3.63) is 63.2 Å². The van der Waals surface area contributed by atoms with Gasteiger partial charge in [0.05, 0.1) is 16.4 Å². The molecule has 2 N–H and O–H groups in total. The molecule has 0 heterocycles. The zero-order chi connectivity index (χ0) is 19.1. The van der Waals surface area contributed by atoms with Crippen LogP contribution < -0.4 is 10.6 Å². The number of hydrogen-bond donors (Lipinski definition) is 2. The van der Waals surface area contributed by atoms with E-state index in [1.54, 1.807) is 31.2 Å². The summed E-state index contributed by atoms with van der Waals surface area (Å²) in [6.45, 7) is 2.03. The van der Waals surface area contributed by atoms with Crippen LogP contribution in [-0.4, -0.2) is 29.8 Å². The van der Waals surface area contributed by atoms with Crippen molar-refractivity contribution in [3.63, 3.8) is 0 Å². The lowest BCUT2D eigenvalue weighted by Crippen LogP contribution is -2.36. The molecule has 0 unspecified atom stereocenters. The number of halogens is 1. The number of nitrogens with one attached hydrogen (secondary N) is 2. The number of nitrogens with zero attached hydrogens (tertiary/aromatic N) is 1. The van der Waals surface area contributed by atoms with Crippen LogP contribution in [0.4, 0.5) is 5.69 Å². The average molecular weight is 394 g/mol.